The van der Waals surface area contributed by atoms with E-state index in [1.165, 1.54) is 0 Å². The zero-order valence-corrected chi connectivity index (χ0v) is 12.5. The molecular weight excluding hydrogens is 268 g/mol. The molecule has 21 heavy (non-hydrogen) atoms. The first-order valence-corrected chi connectivity index (χ1v) is 7.11. The molecule has 1 N–H and O–H groups in total. The number of methoxy groups -OCH3 is 1. The Morgan fingerprint density at radius 3 is 3.00 bits per heavy atom. The third-order valence-electron chi connectivity index (χ3n) is 3.78. The van der Waals surface area contributed by atoms with Crippen LogP contribution in [0.3, 0.4) is 0 Å². The minimum absolute atomic E-state index is 0.174. The van der Waals surface area contributed by atoms with E-state index in [4.69, 9.17) is 9.47 Å². The van der Waals surface area contributed by atoms with E-state index >= 15 is 0 Å². The number of fused-ring (bicyclic) bond motifs is 1. The van der Waals surface area contributed by atoms with Crippen LogP contribution in [0.2, 0.25) is 0 Å². The summed E-state index contributed by atoms with van der Waals surface area (Å²) in [6, 6.07) is 5.77. The van der Waals surface area contributed by atoms with E-state index in [2.05, 4.69) is 5.10 Å². The van der Waals surface area contributed by atoms with Crippen LogP contribution >= 0.6 is 0 Å². The maximum absolute atomic E-state index is 10.5. The maximum atomic E-state index is 10.5. The SMILES string of the molecule is COc1cc2c(cc1C(O)Cc1ccn(C)n1)OC(C)C2. The van der Waals surface area contributed by atoms with Gasteiger partial charge in [0.05, 0.1) is 18.9 Å². The Bertz CT molecular complexity index is 651. The quantitative estimate of drug-likeness (QED) is 0.935. The second-order valence-corrected chi connectivity index (χ2v) is 5.54. The van der Waals surface area contributed by atoms with Gasteiger partial charge in [0, 0.05) is 37.2 Å². The molecule has 5 heteroatoms. The third kappa shape index (κ3) is 2.74. The van der Waals surface area contributed by atoms with Gasteiger partial charge in [-0.05, 0) is 25.1 Å². The van der Waals surface area contributed by atoms with E-state index in [-0.39, 0.29) is 6.10 Å². The average molecular weight is 288 g/mol. The van der Waals surface area contributed by atoms with Gasteiger partial charge in [-0.1, -0.05) is 0 Å². The van der Waals surface area contributed by atoms with Gasteiger partial charge in [-0.15, -0.1) is 0 Å². The number of aliphatic hydroxyl groups excluding tert-OH is 1. The van der Waals surface area contributed by atoms with Crippen molar-refractivity contribution in [2.45, 2.75) is 32.0 Å². The van der Waals surface area contributed by atoms with Crippen LogP contribution in [0.1, 0.15) is 29.8 Å². The van der Waals surface area contributed by atoms with E-state index in [1.807, 2.05) is 38.4 Å². The summed E-state index contributed by atoms with van der Waals surface area (Å²) in [7, 11) is 3.49. The number of aryl methyl sites for hydroxylation is 1. The fourth-order valence-electron chi connectivity index (χ4n) is 2.77. The molecule has 0 amide bonds. The Kier molecular flexibility index (Phi) is 3.59. The summed E-state index contributed by atoms with van der Waals surface area (Å²) in [6.07, 6.45) is 2.70. The highest BCUT2D eigenvalue weighted by Gasteiger charge is 2.24. The smallest absolute Gasteiger partial charge is 0.125 e. The van der Waals surface area contributed by atoms with Crippen molar-refractivity contribution in [1.29, 1.82) is 0 Å². The van der Waals surface area contributed by atoms with Gasteiger partial charge in [-0.25, -0.2) is 0 Å². The molecular formula is C16H20N2O3. The Morgan fingerprint density at radius 1 is 1.52 bits per heavy atom. The standard InChI is InChI=1S/C16H20N2O3/c1-10-6-11-7-16(20-3)13(9-15(11)21-10)14(19)8-12-4-5-18(2)17-12/h4-5,7,9-10,14,19H,6,8H2,1-3H3. The summed E-state index contributed by atoms with van der Waals surface area (Å²) >= 11 is 0. The van der Waals surface area contributed by atoms with Crippen molar-refractivity contribution < 1.29 is 14.6 Å². The second-order valence-electron chi connectivity index (χ2n) is 5.54. The number of rotatable bonds is 4. The van der Waals surface area contributed by atoms with Gasteiger partial charge in [-0.3, -0.25) is 4.68 Å². The van der Waals surface area contributed by atoms with Gasteiger partial charge in [0.2, 0.25) is 0 Å². The fraction of sp³-hybridized carbons (Fsp3) is 0.438. The van der Waals surface area contributed by atoms with E-state index in [0.717, 1.165) is 29.0 Å². The number of aliphatic hydroxyl groups is 1. The molecule has 1 aliphatic heterocycles. The number of aromatic nitrogens is 2. The zero-order valence-electron chi connectivity index (χ0n) is 12.5. The molecule has 1 aliphatic rings. The lowest BCUT2D eigenvalue weighted by molar-refractivity contribution is 0.171. The van der Waals surface area contributed by atoms with E-state index in [9.17, 15) is 5.11 Å². The number of hydrogen-bond acceptors (Lipinski definition) is 4. The molecule has 0 aliphatic carbocycles. The number of hydrogen-bond donors (Lipinski definition) is 1. The Labute approximate surface area is 124 Å². The molecule has 3 rings (SSSR count). The molecule has 0 fully saturated rings. The number of benzene rings is 1. The highest BCUT2D eigenvalue weighted by molar-refractivity contribution is 5.49. The lowest BCUT2D eigenvalue weighted by atomic mass is 10.00. The zero-order chi connectivity index (χ0) is 15.0. The summed E-state index contributed by atoms with van der Waals surface area (Å²) in [5, 5.41) is 14.8. The Morgan fingerprint density at radius 2 is 2.33 bits per heavy atom. The Balaban J connectivity index is 1.88. The van der Waals surface area contributed by atoms with Gasteiger partial charge in [0.1, 0.15) is 17.6 Å². The molecule has 0 saturated carbocycles. The van der Waals surface area contributed by atoms with Crippen LogP contribution in [0.5, 0.6) is 11.5 Å². The van der Waals surface area contributed by atoms with Crippen LogP contribution in [0, 0.1) is 0 Å². The molecule has 2 aromatic rings. The highest BCUT2D eigenvalue weighted by Crippen LogP contribution is 2.38. The summed E-state index contributed by atoms with van der Waals surface area (Å²) < 4.78 is 12.9. The minimum Gasteiger partial charge on any atom is -0.496 e. The van der Waals surface area contributed by atoms with Gasteiger partial charge >= 0.3 is 0 Å². The molecule has 0 saturated heterocycles. The number of nitrogens with zero attached hydrogens (tertiary/aromatic N) is 2. The molecule has 2 unspecified atom stereocenters. The second kappa shape index (κ2) is 5.41. The van der Waals surface area contributed by atoms with Crippen molar-refractivity contribution in [3.05, 3.63) is 41.2 Å². The van der Waals surface area contributed by atoms with Crippen molar-refractivity contribution in [1.82, 2.24) is 9.78 Å². The van der Waals surface area contributed by atoms with Gasteiger partial charge in [0.25, 0.3) is 0 Å². The molecule has 2 heterocycles. The van der Waals surface area contributed by atoms with Gasteiger partial charge < -0.3 is 14.6 Å². The first kappa shape index (κ1) is 13.9. The van der Waals surface area contributed by atoms with Gasteiger partial charge in [-0.2, -0.15) is 5.10 Å². The summed E-state index contributed by atoms with van der Waals surface area (Å²) in [5.74, 6) is 1.55. The van der Waals surface area contributed by atoms with Gasteiger partial charge in [0.15, 0.2) is 0 Å². The molecule has 1 aromatic carbocycles. The van der Waals surface area contributed by atoms with Crippen LogP contribution in [0.4, 0.5) is 0 Å². The van der Waals surface area contributed by atoms with Crippen molar-refractivity contribution >= 4 is 0 Å². The maximum Gasteiger partial charge on any atom is 0.125 e. The van der Waals surface area contributed by atoms with E-state index in [0.29, 0.717) is 12.2 Å². The van der Waals surface area contributed by atoms with Crippen LogP contribution in [-0.4, -0.2) is 28.1 Å². The summed E-state index contributed by atoms with van der Waals surface area (Å²) in [6.45, 7) is 2.04. The lowest BCUT2D eigenvalue weighted by Gasteiger charge is -2.15. The summed E-state index contributed by atoms with van der Waals surface area (Å²) in [5.41, 5.74) is 2.73. The average Bonchev–Trinajstić information content (AvgIpc) is 3.01. The first-order chi connectivity index (χ1) is 10.1. The van der Waals surface area contributed by atoms with Crippen LogP contribution in [0.15, 0.2) is 24.4 Å². The van der Waals surface area contributed by atoms with Crippen molar-refractivity contribution in [3.63, 3.8) is 0 Å². The molecule has 112 valence electrons. The normalized spacial score (nSPS) is 18.2. The molecule has 0 spiro atoms. The molecule has 1 aromatic heterocycles. The summed E-state index contributed by atoms with van der Waals surface area (Å²) in [4.78, 5) is 0. The topological polar surface area (TPSA) is 56.5 Å². The molecule has 5 nitrogen and oxygen atoms in total. The lowest BCUT2D eigenvalue weighted by Crippen LogP contribution is -2.06. The van der Waals surface area contributed by atoms with Crippen molar-refractivity contribution in [3.8, 4) is 11.5 Å². The third-order valence-corrected chi connectivity index (χ3v) is 3.78. The Hall–Kier alpha value is -2.01. The van der Waals surface area contributed by atoms with Crippen LogP contribution in [-0.2, 0) is 19.9 Å². The fourth-order valence-corrected chi connectivity index (χ4v) is 2.77. The minimum atomic E-state index is -0.667. The van der Waals surface area contributed by atoms with Crippen LogP contribution < -0.4 is 9.47 Å². The predicted octanol–water partition coefficient (Wildman–Crippen LogP) is 2.03. The number of ether oxygens (including phenoxy) is 2. The highest BCUT2D eigenvalue weighted by atomic mass is 16.5. The monoisotopic (exact) mass is 288 g/mol. The van der Waals surface area contributed by atoms with E-state index < -0.39 is 6.10 Å². The van der Waals surface area contributed by atoms with Crippen LogP contribution in [0.25, 0.3) is 0 Å². The molecule has 0 radical (unpaired) electrons. The largest absolute Gasteiger partial charge is 0.496 e. The first-order valence-electron chi connectivity index (χ1n) is 7.11. The molecule has 2 atom stereocenters. The van der Waals surface area contributed by atoms with E-state index in [1.54, 1.807) is 11.8 Å². The van der Waals surface area contributed by atoms with Crippen molar-refractivity contribution in [2.75, 3.05) is 7.11 Å². The molecule has 0 bridgehead atoms. The van der Waals surface area contributed by atoms with Crippen molar-refractivity contribution in [2.24, 2.45) is 7.05 Å². The predicted molar refractivity (Wildman–Crippen MR) is 78.7 cm³/mol.